The molecule has 0 fully saturated rings. The third-order valence-electron chi connectivity index (χ3n) is 1.94. The number of hydrogen-bond donors (Lipinski definition) is 0. The number of furan rings is 1. The number of ether oxygens (including phenoxy) is 1. The average molecular weight is 300 g/mol. The Morgan fingerprint density at radius 2 is 1.93 bits per heavy atom. The van der Waals surface area contributed by atoms with Crippen molar-refractivity contribution in [2.24, 2.45) is 0 Å². The van der Waals surface area contributed by atoms with Gasteiger partial charge in [0, 0.05) is 5.56 Å². The van der Waals surface area contributed by atoms with Crippen LogP contribution in [0.15, 0.2) is 41.0 Å². The minimum Gasteiger partial charge on any atom is -0.497 e. The van der Waals surface area contributed by atoms with Crippen molar-refractivity contribution in [3.63, 3.8) is 0 Å². The molecule has 0 radical (unpaired) electrons. The molecule has 0 unspecified atom stereocenters. The van der Waals surface area contributed by atoms with Gasteiger partial charge in [0.2, 0.25) is 0 Å². The van der Waals surface area contributed by atoms with E-state index < -0.39 is 0 Å². The summed E-state index contributed by atoms with van der Waals surface area (Å²) in [6, 6.07) is 9.80. The number of rotatable bonds is 2. The van der Waals surface area contributed by atoms with Crippen LogP contribution in [0.3, 0.4) is 0 Å². The molecule has 2 nitrogen and oxygen atoms in total. The molecule has 14 heavy (non-hydrogen) atoms. The van der Waals surface area contributed by atoms with Gasteiger partial charge in [-0.3, -0.25) is 0 Å². The molecule has 3 heteroatoms. The maximum Gasteiger partial charge on any atom is 0.134 e. The van der Waals surface area contributed by atoms with Crippen LogP contribution < -0.4 is 4.74 Å². The molecule has 1 aromatic heterocycles. The van der Waals surface area contributed by atoms with E-state index >= 15 is 0 Å². The van der Waals surface area contributed by atoms with E-state index in [-0.39, 0.29) is 0 Å². The Morgan fingerprint density at radius 1 is 1.21 bits per heavy atom. The Morgan fingerprint density at radius 3 is 2.43 bits per heavy atom. The van der Waals surface area contributed by atoms with Crippen LogP contribution >= 0.6 is 22.6 Å². The van der Waals surface area contributed by atoms with Crippen LogP contribution in [0.1, 0.15) is 0 Å². The van der Waals surface area contributed by atoms with E-state index in [1.807, 2.05) is 30.3 Å². The highest BCUT2D eigenvalue weighted by atomic mass is 127. The predicted molar refractivity (Wildman–Crippen MR) is 63.4 cm³/mol. The zero-order chi connectivity index (χ0) is 9.97. The molecule has 0 aliphatic rings. The third-order valence-corrected chi connectivity index (χ3v) is 2.51. The lowest BCUT2D eigenvalue weighted by Crippen LogP contribution is -1.81. The fourth-order valence-electron chi connectivity index (χ4n) is 1.22. The van der Waals surface area contributed by atoms with Gasteiger partial charge in [0.05, 0.1) is 10.7 Å². The molecule has 2 aromatic rings. The van der Waals surface area contributed by atoms with Crippen LogP contribution in [0.2, 0.25) is 0 Å². The Hall–Kier alpha value is -0.970. The molecule has 1 aromatic carbocycles. The summed E-state index contributed by atoms with van der Waals surface area (Å²) in [6.07, 6.45) is 1.74. The van der Waals surface area contributed by atoms with E-state index in [2.05, 4.69) is 22.6 Å². The molecular formula is C11H9IO2. The zero-order valence-electron chi connectivity index (χ0n) is 7.66. The second-order valence-corrected chi connectivity index (χ2v) is 4.10. The lowest BCUT2D eigenvalue weighted by Gasteiger charge is -1.99. The van der Waals surface area contributed by atoms with Crippen molar-refractivity contribution in [3.05, 3.63) is 40.2 Å². The Balaban J connectivity index is 2.33. The van der Waals surface area contributed by atoms with Crippen molar-refractivity contribution in [2.45, 2.75) is 0 Å². The van der Waals surface area contributed by atoms with Crippen molar-refractivity contribution in [2.75, 3.05) is 7.11 Å². The van der Waals surface area contributed by atoms with Crippen molar-refractivity contribution in [3.8, 4) is 17.1 Å². The molecule has 0 saturated carbocycles. The van der Waals surface area contributed by atoms with E-state index in [0.29, 0.717) is 0 Å². The van der Waals surface area contributed by atoms with E-state index in [0.717, 1.165) is 20.6 Å². The van der Waals surface area contributed by atoms with Gasteiger partial charge in [-0.25, -0.2) is 0 Å². The fourth-order valence-corrected chi connectivity index (χ4v) is 1.63. The van der Waals surface area contributed by atoms with E-state index in [1.54, 1.807) is 13.4 Å². The smallest absolute Gasteiger partial charge is 0.134 e. The number of benzene rings is 1. The van der Waals surface area contributed by atoms with Crippen molar-refractivity contribution in [1.29, 1.82) is 0 Å². The van der Waals surface area contributed by atoms with Crippen LogP contribution in [0.4, 0.5) is 0 Å². The minimum atomic E-state index is 0.856. The van der Waals surface area contributed by atoms with Gasteiger partial charge in [-0.2, -0.15) is 0 Å². The van der Waals surface area contributed by atoms with Crippen LogP contribution in [-0.2, 0) is 0 Å². The van der Waals surface area contributed by atoms with Gasteiger partial charge in [-0.15, -0.1) is 0 Å². The number of halogens is 1. The molecule has 0 aliphatic carbocycles. The highest BCUT2D eigenvalue weighted by molar-refractivity contribution is 14.1. The minimum absolute atomic E-state index is 0.856. The highest BCUT2D eigenvalue weighted by Gasteiger charge is 2.02. The van der Waals surface area contributed by atoms with E-state index in [9.17, 15) is 0 Å². The number of hydrogen-bond acceptors (Lipinski definition) is 2. The predicted octanol–water partition coefficient (Wildman–Crippen LogP) is 3.56. The van der Waals surface area contributed by atoms with Crippen LogP contribution in [0, 0.1) is 3.57 Å². The molecule has 0 saturated heterocycles. The van der Waals surface area contributed by atoms with Crippen LogP contribution in [-0.4, -0.2) is 7.11 Å². The van der Waals surface area contributed by atoms with Gasteiger partial charge in [0.25, 0.3) is 0 Å². The summed E-state index contributed by atoms with van der Waals surface area (Å²) < 4.78 is 11.6. The van der Waals surface area contributed by atoms with E-state index in [4.69, 9.17) is 9.15 Å². The summed E-state index contributed by atoms with van der Waals surface area (Å²) in [5.41, 5.74) is 1.06. The first-order valence-electron chi connectivity index (χ1n) is 4.18. The number of methoxy groups -OCH3 is 1. The van der Waals surface area contributed by atoms with Gasteiger partial charge in [-0.05, 0) is 52.9 Å². The Kier molecular flexibility index (Phi) is 2.77. The summed E-state index contributed by atoms with van der Waals surface area (Å²) in [5.74, 6) is 1.74. The molecule has 0 aliphatic heterocycles. The lowest BCUT2D eigenvalue weighted by molar-refractivity contribution is 0.415. The summed E-state index contributed by atoms with van der Waals surface area (Å²) >= 11 is 2.22. The molecule has 1 heterocycles. The summed E-state index contributed by atoms with van der Waals surface area (Å²) in [5, 5.41) is 0. The normalized spacial score (nSPS) is 10.1. The highest BCUT2D eigenvalue weighted by Crippen LogP contribution is 2.24. The Labute approximate surface area is 96.0 Å². The maximum absolute atomic E-state index is 5.38. The monoisotopic (exact) mass is 300 g/mol. The standard InChI is InChI=1S/C11H9IO2/c1-13-10-4-2-8(3-5-10)11-6-9(12)7-14-11/h2-7H,1H3. The van der Waals surface area contributed by atoms with Gasteiger partial charge in [0.15, 0.2) is 0 Å². The first kappa shape index (κ1) is 9.58. The van der Waals surface area contributed by atoms with E-state index in [1.165, 1.54) is 0 Å². The quantitative estimate of drug-likeness (QED) is 0.791. The molecular weight excluding hydrogens is 291 g/mol. The van der Waals surface area contributed by atoms with Crippen molar-refractivity contribution < 1.29 is 9.15 Å². The van der Waals surface area contributed by atoms with Gasteiger partial charge in [0.1, 0.15) is 17.8 Å². The first-order valence-corrected chi connectivity index (χ1v) is 5.26. The van der Waals surface area contributed by atoms with Crippen LogP contribution in [0.25, 0.3) is 11.3 Å². The first-order chi connectivity index (χ1) is 6.79. The van der Waals surface area contributed by atoms with Gasteiger partial charge in [-0.1, -0.05) is 0 Å². The Bertz CT molecular complexity index is 417. The fraction of sp³-hybridized carbons (Fsp3) is 0.0909. The molecule has 0 spiro atoms. The van der Waals surface area contributed by atoms with Crippen molar-refractivity contribution >= 4 is 22.6 Å². The zero-order valence-corrected chi connectivity index (χ0v) is 9.82. The molecule has 0 bridgehead atoms. The average Bonchev–Trinajstić information content (AvgIpc) is 2.65. The maximum atomic E-state index is 5.38. The summed E-state index contributed by atoms with van der Waals surface area (Å²) in [4.78, 5) is 0. The summed E-state index contributed by atoms with van der Waals surface area (Å²) in [6.45, 7) is 0. The second kappa shape index (κ2) is 4.04. The molecule has 0 atom stereocenters. The molecule has 0 amide bonds. The van der Waals surface area contributed by atoms with Gasteiger partial charge < -0.3 is 9.15 Å². The lowest BCUT2D eigenvalue weighted by atomic mass is 10.2. The largest absolute Gasteiger partial charge is 0.497 e. The molecule has 0 N–H and O–H groups in total. The molecule has 2 rings (SSSR count). The third kappa shape index (κ3) is 1.92. The van der Waals surface area contributed by atoms with Gasteiger partial charge >= 0.3 is 0 Å². The summed E-state index contributed by atoms with van der Waals surface area (Å²) in [7, 11) is 1.66. The SMILES string of the molecule is COc1ccc(-c2cc(I)co2)cc1. The van der Waals surface area contributed by atoms with Crippen molar-refractivity contribution in [1.82, 2.24) is 0 Å². The topological polar surface area (TPSA) is 22.4 Å². The second-order valence-electron chi connectivity index (χ2n) is 2.86. The van der Waals surface area contributed by atoms with Crippen LogP contribution in [0.5, 0.6) is 5.75 Å². The molecule has 72 valence electrons.